The molecule has 21 heavy (non-hydrogen) atoms. The van der Waals surface area contributed by atoms with Gasteiger partial charge in [0.1, 0.15) is 0 Å². The normalized spacial score (nSPS) is 15.0. The van der Waals surface area contributed by atoms with Gasteiger partial charge in [-0.05, 0) is 55.7 Å². The van der Waals surface area contributed by atoms with Crippen molar-refractivity contribution in [2.24, 2.45) is 0 Å². The highest BCUT2D eigenvalue weighted by molar-refractivity contribution is 8.76. The lowest BCUT2D eigenvalue weighted by molar-refractivity contribution is 0.904. The van der Waals surface area contributed by atoms with Crippen molar-refractivity contribution < 1.29 is 0 Å². The summed E-state index contributed by atoms with van der Waals surface area (Å²) in [6, 6.07) is 13.3. The zero-order valence-corrected chi connectivity index (χ0v) is 14.0. The number of hydrogen-bond donors (Lipinski definition) is 2. The minimum Gasteiger partial charge on any atom is -0.384 e. The molecule has 2 nitrogen and oxygen atoms in total. The Kier molecular flexibility index (Phi) is 4.66. The zero-order chi connectivity index (χ0) is 14.7. The fraction of sp³-hybridized carbons (Fsp3) is 0.294. The first kappa shape index (κ1) is 14.7. The van der Waals surface area contributed by atoms with Gasteiger partial charge in [-0.1, -0.05) is 33.7 Å². The molecule has 0 aromatic heterocycles. The van der Waals surface area contributed by atoms with Crippen molar-refractivity contribution in [2.45, 2.75) is 30.1 Å². The summed E-state index contributed by atoms with van der Waals surface area (Å²) in [5.74, 6) is 0. The van der Waals surface area contributed by atoms with E-state index in [9.17, 15) is 0 Å². The summed E-state index contributed by atoms with van der Waals surface area (Å²) in [7, 11) is 3.67. The molecule has 0 spiro atoms. The molecule has 0 saturated heterocycles. The predicted octanol–water partition coefficient (Wildman–Crippen LogP) is 5.33. The number of rotatable bonds is 0. The largest absolute Gasteiger partial charge is 0.384 e. The SMILES string of the molecule is Cc1ccc2c(c1)SSc1cc(C)ccc1NCCCN2. The van der Waals surface area contributed by atoms with Crippen LogP contribution in [0.3, 0.4) is 0 Å². The molecule has 110 valence electrons. The van der Waals surface area contributed by atoms with Gasteiger partial charge in [-0.25, -0.2) is 0 Å². The maximum Gasteiger partial charge on any atom is 0.0487 e. The standard InChI is InChI=1S/C17H20N2S2/c1-12-4-6-14-16(10-12)20-21-17-11-13(2)5-7-15(17)19-9-3-8-18-14/h4-7,10-11,18-19H,3,8-9H2,1-2H3. The van der Waals surface area contributed by atoms with E-state index in [0.29, 0.717) is 0 Å². The first-order valence-corrected chi connectivity index (χ1v) is 9.41. The van der Waals surface area contributed by atoms with Gasteiger partial charge in [0.15, 0.2) is 0 Å². The van der Waals surface area contributed by atoms with Gasteiger partial charge in [0, 0.05) is 34.3 Å². The number of fused-ring (bicyclic) bond motifs is 2. The van der Waals surface area contributed by atoms with E-state index in [1.54, 1.807) is 0 Å². The Hall–Kier alpha value is -1.26. The number of aryl methyl sites for hydroxylation is 2. The van der Waals surface area contributed by atoms with Crippen LogP contribution >= 0.6 is 21.6 Å². The van der Waals surface area contributed by atoms with Crippen molar-refractivity contribution in [1.29, 1.82) is 0 Å². The van der Waals surface area contributed by atoms with Gasteiger partial charge in [-0.2, -0.15) is 0 Å². The molecule has 2 N–H and O–H groups in total. The molecular weight excluding hydrogens is 296 g/mol. The Balaban J connectivity index is 1.93. The van der Waals surface area contributed by atoms with Crippen LogP contribution in [0, 0.1) is 13.8 Å². The second kappa shape index (κ2) is 6.67. The smallest absolute Gasteiger partial charge is 0.0487 e. The minimum absolute atomic E-state index is 0.996. The van der Waals surface area contributed by atoms with Crippen LogP contribution in [0.25, 0.3) is 0 Å². The Bertz CT molecular complexity index is 585. The molecule has 2 aromatic rings. The van der Waals surface area contributed by atoms with E-state index in [4.69, 9.17) is 0 Å². The van der Waals surface area contributed by atoms with E-state index in [2.05, 4.69) is 60.9 Å². The zero-order valence-electron chi connectivity index (χ0n) is 12.4. The van der Waals surface area contributed by atoms with Crippen LogP contribution in [-0.4, -0.2) is 13.1 Å². The van der Waals surface area contributed by atoms with Crippen LogP contribution in [-0.2, 0) is 0 Å². The third-order valence-corrected chi connectivity index (χ3v) is 5.93. The third-order valence-electron chi connectivity index (χ3n) is 3.48. The van der Waals surface area contributed by atoms with Crippen LogP contribution in [0.5, 0.6) is 0 Å². The maximum atomic E-state index is 3.55. The molecule has 0 aliphatic carbocycles. The average Bonchev–Trinajstić information content (AvgIpc) is 2.51. The molecule has 1 aliphatic rings. The summed E-state index contributed by atoms with van der Waals surface area (Å²) in [6.45, 7) is 6.29. The molecule has 0 amide bonds. The van der Waals surface area contributed by atoms with Crippen molar-refractivity contribution in [2.75, 3.05) is 23.7 Å². The maximum absolute atomic E-state index is 3.55. The van der Waals surface area contributed by atoms with Gasteiger partial charge in [0.25, 0.3) is 0 Å². The monoisotopic (exact) mass is 316 g/mol. The second-order valence-electron chi connectivity index (χ2n) is 5.37. The lowest BCUT2D eigenvalue weighted by Crippen LogP contribution is -2.09. The first-order valence-electron chi connectivity index (χ1n) is 7.26. The summed E-state index contributed by atoms with van der Waals surface area (Å²) in [6.07, 6.45) is 1.11. The Morgan fingerprint density at radius 2 is 1.24 bits per heavy atom. The summed E-state index contributed by atoms with van der Waals surface area (Å²) < 4.78 is 0. The number of anilines is 2. The van der Waals surface area contributed by atoms with Crippen molar-refractivity contribution in [1.82, 2.24) is 0 Å². The van der Waals surface area contributed by atoms with Crippen molar-refractivity contribution in [3.63, 3.8) is 0 Å². The van der Waals surface area contributed by atoms with Crippen LogP contribution < -0.4 is 10.6 Å². The van der Waals surface area contributed by atoms with Gasteiger partial charge < -0.3 is 10.6 Å². The molecule has 0 atom stereocenters. The third kappa shape index (κ3) is 3.69. The van der Waals surface area contributed by atoms with Gasteiger partial charge in [0.2, 0.25) is 0 Å². The van der Waals surface area contributed by atoms with E-state index in [1.807, 2.05) is 21.6 Å². The number of hydrogen-bond acceptors (Lipinski definition) is 4. The molecule has 0 bridgehead atoms. The molecular formula is C17H20N2S2. The molecule has 0 saturated carbocycles. The highest BCUT2D eigenvalue weighted by Gasteiger charge is 2.10. The van der Waals surface area contributed by atoms with E-state index >= 15 is 0 Å². The molecule has 1 heterocycles. The minimum atomic E-state index is 0.996. The fourth-order valence-corrected chi connectivity index (χ4v) is 4.79. The first-order chi connectivity index (χ1) is 10.2. The van der Waals surface area contributed by atoms with Crippen LogP contribution in [0.15, 0.2) is 46.2 Å². The highest BCUT2D eigenvalue weighted by atomic mass is 33.1. The van der Waals surface area contributed by atoms with E-state index < -0.39 is 0 Å². The van der Waals surface area contributed by atoms with Crippen LogP contribution in [0.2, 0.25) is 0 Å². The molecule has 1 aliphatic heterocycles. The topological polar surface area (TPSA) is 24.1 Å². The summed E-state index contributed by atoms with van der Waals surface area (Å²) in [5.41, 5.74) is 5.10. The Labute approximate surface area is 134 Å². The van der Waals surface area contributed by atoms with Crippen LogP contribution in [0.1, 0.15) is 17.5 Å². The Morgan fingerprint density at radius 3 is 1.71 bits per heavy atom. The van der Waals surface area contributed by atoms with E-state index in [-0.39, 0.29) is 0 Å². The second-order valence-corrected chi connectivity index (χ2v) is 7.59. The van der Waals surface area contributed by atoms with E-state index in [0.717, 1.165) is 19.5 Å². The van der Waals surface area contributed by atoms with Crippen LogP contribution in [0.4, 0.5) is 11.4 Å². The summed E-state index contributed by atoms with van der Waals surface area (Å²) >= 11 is 0. The van der Waals surface area contributed by atoms with Gasteiger partial charge >= 0.3 is 0 Å². The van der Waals surface area contributed by atoms with Crippen molar-refractivity contribution in [3.05, 3.63) is 47.5 Å². The van der Waals surface area contributed by atoms with E-state index in [1.165, 1.54) is 32.3 Å². The lowest BCUT2D eigenvalue weighted by atomic mass is 10.2. The molecule has 2 aromatic carbocycles. The number of nitrogens with one attached hydrogen (secondary N) is 2. The van der Waals surface area contributed by atoms with Gasteiger partial charge in [0.05, 0.1) is 0 Å². The molecule has 3 rings (SSSR count). The van der Waals surface area contributed by atoms with Crippen molar-refractivity contribution >= 4 is 33.0 Å². The molecule has 4 heteroatoms. The molecule has 0 fully saturated rings. The van der Waals surface area contributed by atoms with Crippen molar-refractivity contribution in [3.8, 4) is 0 Å². The number of benzene rings is 2. The molecule has 0 radical (unpaired) electrons. The van der Waals surface area contributed by atoms with Gasteiger partial charge in [-0.3, -0.25) is 0 Å². The summed E-state index contributed by atoms with van der Waals surface area (Å²) in [5, 5.41) is 7.10. The average molecular weight is 316 g/mol. The fourth-order valence-electron chi connectivity index (χ4n) is 2.31. The predicted molar refractivity (Wildman–Crippen MR) is 95.7 cm³/mol. The van der Waals surface area contributed by atoms with Gasteiger partial charge in [-0.15, -0.1) is 0 Å². The summed E-state index contributed by atoms with van der Waals surface area (Å²) in [4.78, 5) is 2.63. The highest BCUT2D eigenvalue weighted by Crippen LogP contribution is 2.44. The quantitative estimate of drug-likeness (QED) is 0.641. The lowest BCUT2D eigenvalue weighted by Gasteiger charge is -2.12. The molecule has 0 unspecified atom stereocenters. The Morgan fingerprint density at radius 1 is 0.762 bits per heavy atom.